The Hall–Kier alpha value is -1.57. The summed E-state index contributed by atoms with van der Waals surface area (Å²) in [7, 11) is 0. The van der Waals surface area contributed by atoms with Gasteiger partial charge >= 0.3 is 0 Å². The summed E-state index contributed by atoms with van der Waals surface area (Å²) >= 11 is 0. The summed E-state index contributed by atoms with van der Waals surface area (Å²) in [5.74, 6) is -0.425. The van der Waals surface area contributed by atoms with E-state index >= 15 is 0 Å². The molecule has 1 aromatic heterocycles. The third kappa shape index (κ3) is 1.01. The maximum absolute atomic E-state index is 12.6. The number of aromatic nitrogens is 1. The van der Waals surface area contributed by atoms with Gasteiger partial charge < -0.3 is 4.98 Å². The summed E-state index contributed by atoms with van der Waals surface area (Å²) in [6.07, 6.45) is 0. The van der Waals surface area contributed by atoms with Crippen LogP contribution in [-0.4, -0.2) is 4.98 Å². The van der Waals surface area contributed by atoms with Gasteiger partial charge in [-0.3, -0.25) is 0 Å². The van der Waals surface area contributed by atoms with E-state index in [1.807, 2.05) is 24.3 Å². The molecule has 0 saturated heterocycles. The first-order valence-electron chi connectivity index (χ1n) is 3.70. The normalized spacial score (nSPS) is 10.4. The second kappa shape index (κ2) is 2.48. The van der Waals surface area contributed by atoms with E-state index in [1.54, 1.807) is 6.07 Å². The summed E-state index contributed by atoms with van der Waals surface area (Å²) in [6, 6.07) is 9.41. The highest BCUT2D eigenvalue weighted by molar-refractivity contribution is 5.83. The van der Waals surface area contributed by atoms with Crippen molar-refractivity contribution >= 4 is 16.7 Å². The number of aromatic amines is 1. The highest BCUT2D eigenvalue weighted by atomic mass is 19.1. The maximum atomic E-state index is 12.6. The molecule has 0 atom stereocenters. The Kier molecular flexibility index (Phi) is 1.47. The molecule has 2 rings (SSSR count). The molecule has 0 spiro atoms. The van der Waals surface area contributed by atoms with Gasteiger partial charge in [-0.05, 0) is 12.1 Å². The molecule has 0 amide bonds. The molecule has 1 N–H and O–H groups in total. The zero-order valence-electron chi connectivity index (χ0n) is 6.47. The molecule has 0 fully saturated rings. The monoisotopic (exact) mass is 161 g/mol. The van der Waals surface area contributed by atoms with Gasteiger partial charge in [0.15, 0.2) is 0 Å². The van der Waals surface area contributed by atoms with Gasteiger partial charge in [-0.1, -0.05) is 24.8 Å². The molecule has 2 heteroatoms. The van der Waals surface area contributed by atoms with Crippen LogP contribution in [0.4, 0.5) is 4.39 Å². The van der Waals surface area contributed by atoms with Crippen LogP contribution in [0.3, 0.4) is 0 Å². The lowest BCUT2D eigenvalue weighted by molar-refractivity contribution is 0.758. The molecule has 60 valence electrons. The number of benzene rings is 1. The molecule has 0 bridgehead atoms. The van der Waals surface area contributed by atoms with Gasteiger partial charge in [-0.25, -0.2) is 4.39 Å². The van der Waals surface area contributed by atoms with Crippen molar-refractivity contribution in [2.24, 2.45) is 0 Å². The predicted octanol–water partition coefficient (Wildman–Crippen LogP) is 3.11. The van der Waals surface area contributed by atoms with Crippen LogP contribution in [0.5, 0.6) is 0 Å². The fourth-order valence-corrected chi connectivity index (χ4v) is 1.22. The van der Waals surface area contributed by atoms with Crippen molar-refractivity contribution in [2.75, 3.05) is 0 Å². The minimum atomic E-state index is -0.425. The average Bonchev–Trinajstić information content (AvgIpc) is 2.46. The summed E-state index contributed by atoms with van der Waals surface area (Å²) < 4.78 is 12.6. The molecule has 0 aliphatic carbocycles. The highest BCUT2D eigenvalue weighted by Crippen LogP contribution is 2.19. The van der Waals surface area contributed by atoms with Crippen molar-refractivity contribution < 1.29 is 4.39 Å². The Balaban J connectivity index is 2.70. The number of halogens is 1. The molecule has 0 unspecified atom stereocenters. The molecule has 1 nitrogen and oxygen atoms in total. The van der Waals surface area contributed by atoms with Crippen molar-refractivity contribution in [3.05, 3.63) is 42.6 Å². The molecule has 0 radical (unpaired) electrons. The van der Waals surface area contributed by atoms with E-state index in [0.29, 0.717) is 5.69 Å². The van der Waals surface area contributed by atoms with E-state index in [2.05, 4.69) is 11.6 Å². The predicted molar refractivity (Wildman–Crippen MR) is 48.4 cm³/mol. The molecule has 0 aliphatic rings. The molecule has 12 heavy (non-hydrogen) atoms. The number of nitrogens with one attached hydrogen (secondary N) is 1. The summed E-state index contributed by atoms with van der Waals surface area (Å²) in [5.41, 5.74) is 1.39. The SMILES string of the molecule is C=C(F)c1cc2ccccc2[nH]1. The van der Waals surface area contributed by atoms with Crippen LogP contribution in [-0.2, 0) is 0 Å². The first kappa shape index (κ1) is 7.10. The van der Waals surface area contributed by atoms with Crippen LogP contribution < -0.4 is 0 Å². The zero-order valence-corrected chi connectivity index (χ0v) is 6.47. The largest absolute Gasteiger partial charge is 0.353 e. The molecule has 2 aromatic rings. The second-order valence-electron chi connectivity index (χ2n) is 2.68. The summed E-state index contributed by atoms with van der Waals surface area (Å²) in [4.78, 5) is 2.92. The third-order valence-corrected chi connectivity index (χ3v) is 1.82. The Labute approximate surface area is 69.5 Å². The van der Waals surface area contributed by atoms with Gasteiger partial charge in [0, 0.05) is 10.9 Å². The highest BCUT2D eigenvalue weighted by Gasteiger charge is 2.01. The number of rotatable bonds is 1. The molecular formula is C10H8FN. The molecule has 0 saturated carbocycles. The van der Waals surface area contributed by atoms with Crippen molar-refractivity contribution in [3.63, 3.8) is 0 Å². The van der Waals surface area contributed by atoms with Crippen LogP contribution >= 0.6 is 0 Å². The van der Waals surface area contributed by atoms with Gasteiger partial charge in [0.1, 0.15) is 5.83 Å². The third-order valence-electron chi connectivity index (χ3n) is 1.82. The summed E-state index contributed by atoms with van der Waals surface area (Å²) in [5, 5.41) is 1.01. The number of H-pyrrole nitrogens is 1. The van der Waals surface area contributed by atoms with E-state index < -0.39 is 5.83 Å². The van der Waals surface area contributed by atoms with Gasteiger partial charge in [0.05, 0.1) is 5.69 Å². The Morgan fingerprint density at radius 2 is 2.08 bits per heavy atom. The second-order valence-corrected chi connectivity index (χ2v) is 2.68. The number of hydrogen-bond acceptors (Lipinski definition) is 0. The zero-order chi connectivity index (χ0) is 8.55. The molecule has 1 aromatic carbocycles. The minimum Gasteiger partial charge on any atom is -0.353 e. The quantitative estimate of drug-likeness (QED) is 0.661. The fraction of sp³-hybridized carbons (Fsp3) is 0. The van der Waals surface area contributed by atoms with Crippen LogP contribution in [0.25, 0.3) is 16.7 Å². The average molecular weight is 161 g/mol. The van der Waals surface area contributed by atoms with Crippen LogP contribution in [0, 0.1) is 0 Å². The first-order chi connectivity index (χ1) is 5.77. The van der Waals surface area contributed by atoms with Crippen LogP contribution in [0.1, 0.15) is 5.69 Å². The Morgan fingerprint density at radius 1 is 1.33 bits per heavy atom. The lowest BCUT2D eigenvalue weighted by Crippen LogP contribution is -1.72. The van der Waals surface area contributed by atoms with Crippen LogP contribution in [0.2, 0.25) is 0 Å². The first-order valence-corrected chi connectivity index (χ1v) is 3.70. The van der Waals surface area contributed by atoms with Gasteiger partial charge in [-0.2, -0.15) is 0 Å². The van der Waals surface area contributed by atoms with E-state index in [-0.39, 0.29) is 0 Å². The van der Waals surface area contributed by atoms with Crippen molar-refractivity contribution in [1.82, 2.24) is 4.98 Å². The van der Waals surface area contributed by atoms with Gasteiger partial charge in [0.2, 0.25) is 0 Å². The van der Waals surface area contributed by atoms with Crippen molar-refractivity contribution in [3.8, 4) is 0 Å². The number of fused-ring (bicyclic) bond motifs is 1. The Morgan fingerprint density at radius 3 is 2.75 bits per heavy atom. The van der Waals surface area contributed by atoms with E-state index in [0.717, 1.165) is 10.9 Å². The molecular weight excluding hydrogens is 153 g/mol. The topological polar surface area (TPSA) is 15.8 Å². The van der Waals surface area contributed by atoms with Crippen molar-refractivity contribution in [2.45, 2.75) is 0 Å². The van der Waals surface area contributed by atoms with Crippen LogP contribution in [0.15, 0.2) is 36.9 Å². The number of hydrogen-bond donors (Lipinski definition) is 1. The van der Waals surface area contributed by atoms with Gasteiger partial charge in [-0.15, -0.1) is 0 Å². The molecule has 0 aliphatic heterocycles. The fourth-order valence-electron chi connectivity index (χ4n) is 1.22. The van der Waals surface area contributed by atoms with E-state index in [4.69, 9.17) is 0 Å². The minimum absolute atomic E-state index is 0.425. The van der Waals surface area contributed by atoms with Gasteiger partial charge in [0.25, 0.3) is 0 Å². The molecule has 1 heterocycles. The lowest BCUT2D eigenvalue weighted by Gasteiger charge is -1.86. The maximum Gasteiger partial charge on any atom is 0.139 e. The van der Waals surface area contributed by atoms with Crippen molar-refractivity contribution in [1.29, 1.82) is 0 Å². The summed E-state index contributed by atoms with van der Waals surface area (Å²) in [6.45, 7) is 3.22. The van der Waals surface area contributed by atoms with E-state index in [1.165, 1.54) is 0 Å². The number of para-hydroxylation sites is 1. The Bertz CT molecular complexity index is 395. The smallest absolute Gasteiger partial charge is 0.139 e. The lowest BCUT2D eigenvalue weighted by atomic mass is 10.2. The van der Waals surface area contributed by atoms with E-state index in [9.17, 15) is 4.39 Å². The standard InChI is InChI=1S/C10H8FN/c1-7(11)10-6-8-4-2-3-5-9(8)12-10/h2-6,12H,1H2.